The van der Waals surface area contributed by atoms with Gasteiger partial charge in [-0.15, -0.1) is 0 Å². The van der Waals surface area contributed by atoms with Crippen molar-refractivity contribution in [3.63, 3.8) is 0 Å². The van der Waals surface area contributed by atoms with Crippen LogP contribution in [0, 0.1) is 6.92 Å². The van der Waals surface area contributed by atoms with Crippen molar-refractivity contribution in [2.24, 2.45) is 0 Å². The molecule has 4 heteroatoms. The number of anilines is 1. The van der Waals surface area contributed by atoms with Gasteiger partial charge >= 0.3 is 0 Å². The summed E-state index contributed by atoms with van der Waals surface area (Å²) in [4.78, 5) is 0. The molecule has 1 saturated carbocycles. The Labute approximate surface area is 161 Å². The summed E-state index contributed by atoms with van der Waals surface area (Å²) >= 11 is 5.63. The van der Waals surface area contributed by atoms with Crippen LogP contribution in [0.5, 0.6) is 5.75 Å². The van der Waals surface area contributed by atoms with Gasteiger partial charge in [-0.1, -0.05) is 61.4 Å². The Kier molecular flexibility index (Phi) is 5.94. The van der Waals surface area contributed by atoms with Gasteiger partial charge in [-0.25, -0.2) is 0 Å². The molecule has 136 valence electrons. The van der Waals surface area contributed by atoms with E-state index in [0.717, 1.165) is 24.3 Å². The van der Waals surface area contributed by atoms with Crippen LogP contribution in [0.15, 0.2) is 61.2 Å². The maximum Gasteiger partial charge on any atom is 0.171 e. The van der Waals surface area contributed by atoms with Gasteiger partial charge in [0.05, 0.1) is 5.54 Å². The molecule has 2 aromatic carbocycles. The fourth-order valence-corrected chi connectivity index (χ4v) is 3.92. The largest absolute Gasteiger partial charge is 0.489 e. The molecule has 0 amide bonds. The second-order valence-corrected chi connectivity index (χ2v) is 7.27. The number of aryl methyl sites for hydroxylation is 1. The maximum atomic E-state index is 5.63. The summed E-state index contributed by atoms with van der Waals surface area (Å²) in [6, 6.07) is 16.6. The summed E-state index contributed by atoms with van der Waals surface area (Å²) in [6.07, 6.45) is 6.36. The van der Waals surface area contributed by atoms with Crippen LogP contribution in [-0.2, 0) is 5.54 Å². The third-order valence-electron chi connectivity index (χ3n) is 4.84. The number of hydrogen-bond acceptors (Lipinski definition) is 2. The normalized spacial score (nSPS) is 15.3. The van der Waals surface area contributed by atoms with Crippen molar-refractivity contribution in [3.05, 3.63) is 72.3 Å². The quantitative estimate of drug-likeness (QED) is 0.536. The van der Waals surface area contributed by atoms with Crippen LogP contribution in [0.2, 0.25) is 0 Å². The molecule has 0 spiro atoms. The first-order chi connectivity index (χ1) is 12.6. The number of ether oxygens (including phenoxy) is 1. The summed E-state index contributed by atoms with van der Waals surface area (Å²) in [6.45, 7) is 6.30. The molecule has 1 aliphatic rings. The van der Waals surface area contributed by atoms with E-state index in [-0.39, 0.29) is 5.54 Å². The molecule has 0 aliphatic heterocycles. The average Bonchev–Trinajstić information content (AvgIpc) is 3.10. The summed E-state index contributed by atoms with van der Waals surface area (Å²) in [5.74, 6) is 0.798. The highest BCUT2D eigenvalue weighted by Gasteiger charge is 2.36. The number of nitrogens with one attached hydrogen (secondary N) is 2. The van der Waals surface area contributed by atoms with E-state index in [1.165, 1.54) is 24.0 Å². The van der Waals surface area contributed by atoms with Crippen molar-refractivity contribution in [1.82, 2.24) is 5.32 Å². The third kappa shape index (κ3) is 4.44. The zero-order valence-electron chi connectivity index (χ0n) is 15.3. The van der Waals surface area contributed by atoms with Crippen LogP contribution in [0.25, 0.3) is 0 Å². The minimum absolute atomic E-state index is 0.0763. The Balaban J connectivity index is 1.72. The van der Waals surface area contributed by atoms with Gasteiger partial charge in [-0.05, 0) is 49.7 Å². The molecular formula is C22H26N2OS. The van der Waals surface area contributed by atoms with Gasteiger partial charge in [0.2, 0.25) is 0 Å². The van der Waals surface area contributed by atoms with Gasteiger partial charge in [0.1, 0.15) is 12.4 Å². The Morgan fingerprint density at radius 3 is 2.69 bits per heavy atom. The van der Waals surface area contributed by atoms with E-state index in [1.807, 2.05) is 24.3 Å². The van der Waals surface area contributed by atoms with E-state index in [2.05, 4.69) is 48.4 Å². The van der Waals surface area contributed by atoms with Gasteiger partial charge in [-0.2, -0.15) is 0 Å². The lowest BCUT2D eigenvalue weighted by atomic mass is 9.87. The molecule has 0 radical (unpaired) electrons. The molecular weight excluding hydrogens is 340 g/mol. The summed E-state index contributed by atoms with van der Waals surface area (Å²) < 4.78 is 5.59. The van der Waals surface area contributed by atoms with Gasteiger partial charge in [0.25, 0.3) is 0 Å². The first kappa shape index (κ1) is 18.5. The number of rotatable bonds is 6. The van der Waals surface area contributed by atoms with Gasteiger partial charge in [-0.3, -0.25) is 0 Å². The van der Waals surface area contributed by atoms with Gasteiger partial charge in [0.15, 0.2) is 5.11 Å². The lowest BCUT2D eigenvalue weighted by Gasteiger charge is -2.33. The highest BCUT2D eigenvalue weighted by Crippen LogP contribution is 2.39. The van der Waals surface area contributed by atoms with Crippen LogP contribution in [0.4, 0.5) is 5.69 Å². The standard InChI is InChI=1S/C22H26N2OS/c1-3-14-25-20-11-7-10-19(16-20)23-21(26)24-22(12-4-5-13-22)18-9-6-8-17(2)15-18/h3,6-11,15-16H,1,4-5,12-14H2,2H3,(H2,23,24,26). The molecule has 3 rings (SSSR count). The third-order valence-corrected chi connectivity index (χ3v) is 5.04. The molecule has 0 atom stereocenters. The van der Waals surface area contributed by atoms with Crippen molar-refractivity contribution in [2.45, 2.75) is 38.1 Å². The van der Waals surface area contributed by atoms with Crippen molar-refractivity contribution < 1.29 is 4.74 Å². The minimum atomic E-state index is -0.0763. The summed E-state index contributed by atoms with van der Waals surface area (Å²) in [5, 5.41) is 7.57. The van der Waals surface area contributed by atoms with E-state index in [1.54, 1.807) is 6.08 Å². The molecule has 0 unspecified atom stereocenters. The Bertz CT molecular complexity index is 781. The molecule has 26 heavy (non-hydrogen) atoms. The predicted octanol–water partition coefficient (Wildman–Crippen LogP) is 5.32. The Hall–Kier alpha value is -2.33. The molecule has 1 fully saturated rings. The molecule has 2 N–H and O–H groups in total. The van der Waals surface area contributed by atoms with Crippen LogP contribution in [0.1, 0.15) is 36.8 Å². The fraction of sp³-hybridized carbons (Fsp3) is 0.318. The molecule has 1 aliphatic carbocycles. The second kappa shape index (κ2) is 8.37. The Morgan fingerprint density at radius 2 is 1.96 bits per heavy atom. The highest BCUT2D eigenvalue weighted by atomic mass is 32.1. The zero-order chi connectivity index (χ0) is 18.4. The van der Waals surface area contributed by atoms with Crippen molar-refractivity contribution >= 4 is 23.0 Å². The van der Waals surface area contributed by atoms with Gasteiger partial charge < -0.3 is 15.4 Å². The molecule has 0 heterocycles. The lowest BCUT2D eigenvalue weighted by molar-refractivity contribution is 0.363. The number of thiocarbonyl (C=S) groups is 1. The molecule has 0 bridgehead atoms. The highest BCUT2D eigenvalue weighted by molar-refractivity contribution is 7.80. The second-order valence-electron chi connectivity index (χ2n) is 6.87. The van der Waals surface area contributed by atoms with E-state index in [9.17, 15) is 0 Å². The Morgan fingerprint density at radius 1 is 1.19 bits per heavy atom. The monoisotopic (exact) mass is 366 g/mol. The van der Waals surface area contributed by atoms with Crippen molar-refractivity contribution in [2.75, 3.05) is 11.9 Å². The summed E-state index contributed by atoms with van der Waals surface area (Å²) in [5.41, 5.74) is 3.44. The van der Waals surface area contributed by atoms with E-state index in [0.29, 0.717) is 11.7 Å². The zero-order valence-corrected chi connectivity index (χ0v) is 16.1. The smallest absolute Gasteiger partial charge is 0.171 e. The van der Waals surface area contributed by atoms with E-state index < -0.39 is 0 Å². The van der Waals surface area contributed by atoms with Crippen LogP contribution in [0.3, 0.4) is 0 Å². The van der Waals surface area contributed by atoms with Crippen LogP contribution in [-0.4, -0.2) is 11.7 Å². The molecule has 0 saturated heterocycles. The number of benzene rings is 2. The maximum absolute atomic E-state index is 5.63. The van der Waals surface area contributed by atoms with Gasteiger partial charge in [0, 0.05) is 11.8 Å². The van der Waals surface area contributed by atoms with E-state index >= 15 is 0 Å². The number of hydrogen-bond donors (Lipinski definition) is 2. The molecule has 0 aromatic heterocycles. The average molecular weight is 367 g/mol. The SMILES string of the molecule is C=CCOc1cccc(NC(=S)NC2(c3cccc(C)c3)CCCC2)c1. The summed E-state index contributed by atoms with van der Waals surface area (Å²) in [7, 11) is 0. The predicted molar refractivity (Wildman–Crippen MR) is 113 cm³/mol. The van der Waals surface area contributed by atoms with E-state index in [4.69, 9.17) is 17.0 Å². The van der Waals surface area contributed by atoms with Crippen molar-refractivity contribution in [1.29, 1.82) is 0 Å². The topological polar surface area (TPSA) is 33.3 Å². The molecule has 2 aromatic rings. The van der Waals surface area contributed by atoms with Crippen molar-refractivity contribution in [3.8, 4) is 5.75 Å². The first-order valence-electron chi connectivity index (χ1n) is 9.11. The minimum Gasteiger partial charge on any atom is -0.489 e. The lowest BCUT2D eigenvalue weighted by Crippen LogP contribution is -2.45. The van der Waals surface area contributed by atoms with Crippen LogP contribution < -0.4 is 15.4 Å². The fourth-order valence-electron chi connectivity index (χ4n) is 3.61. The molecule has 3 nitrogen and oxygen atoms in total. The first-order valence-corrected chi connectivity index (χ1v) is 9.52. The van der Waals surface area contributed by atoms with Crippen LogP contribution >= 0.6 is 12.2 Å².